The Labute approximate surface area is 162 Å². The number of ether oxygens (including phenoxy) is 1. The highest BCUT2D eigenvalue weighted by atomic mass is 19.1. The summed E-state index contributed by atoms with van der Waals surface area (Å²) in [6, 6.07) is 4.79. The van der Waals surface area contributed by atoms with Gasteiger partial charge in [-0.25, -0.2) is 9.18 Å². The quantitative estimate of drug-likeness (QED) is 0.797. The van der Waals surface area contributed by atoms with Crippen LogP contribution in [0.15, 0.2) is 24.3 Å². The molecule has 4 amide bonds. The summed E-state index contributed by atoms with van der Waals surface area (Å²) in [7, 11) is 0. The predicted molar refractivity (Wildman–Crippen MR) is 97.7 cm³/mol. The van der Waals surface area contributed by atoms with Crippen LogP contribution in [0.1, 0.15) is 31.7 Å². The number of imide groups is 1. The Balaban J connectivity index is 1.48. The molecule has 8 heteroatoms. The van der Waals surface area contributed by atoms with Crippen LogP contribution in [-0.2, 0) is 19.9 Å². The molecule has 1 saturated carbocycles. The minimum absolute atomic E-state index is 0.0199. The summed E-state index contributed by atoms with van der Waals surface area (Å²) >= 11 is 0. The van der Waals surface area contributed by atoms with Gasteiger partial charge in [0, 0.05) is 18.5 Å². The fourth-order valence-corrected chi connectivity index (χ4v) is 4.24. The second kappa shape index (κ2) is 6.84. The zero-order valence-electron chi connectivity index (χ0n) is 15.9. The van der Waals surface area contributed by atoms with E-state index in [1.165, 1.54) is 24.3 Å². The lowest BCUT2D eigenvalue weighted by atomic mass is 9.69. The first-order valence-corrected chi connectivity index (χ1v) is 9.59. The second-order valence-corrected chi connectivity index (χ2v) is 8.17. The third kappa shape index (κ3) is 3.15. The first-order valence-electron chi connectivity index (χ1n) is 9.59. The van der Waals surface area contributed by atoms with Crippen LogP contribution in [0.4, 0.5) is 9.18 Å². The van der Waals surface area contributed by atoms with Crippen LogP contribution in [0.25, 0.3) is 0 Å². The van der Waals surface area contributed by atoms with Crippen molar-refractivity contribution in [1.82, 2.24) is 15.1 Å². The summed E-state index contributed by atoms with van der Waals surface area (Å²) in [5.74, 6) is -1.20. The third-order valence-corrected chi connectivity index (χ3v) is 6.20. The average molecular weight is 389 g/mol. The average Bonchev–Trinajstić information content (AvgIpc) is 2.83. The molecule has 0 aromatic heterocycles. The highest BCUT2D eigenvalue weighted by Crippen LogP contribution is 2.42. The molecule has 2 heterocycles. The van der Waals surface area contributed by atoms with Crippen molar-refractivity contribution in [2.45, 2.75) is 31.7 Å². The van der Waals surface area contributed by atoms with Gasteiger partial charge in [0.1, 0.15) is 17.9 Å². The molecule has 1 aromatic carbocycles. The highest BCUT2D eigenvalue weighted by molar-refractivity contribution is 6.09. The van der Waals surface area contributed by atoms with Gasteiger partial charge >= 0.3 is 6.03 Å². The molecule has 1 unspecified atom stereocenters. The van der Waals surface area contributed by atoms with Crippen molar-refractivity contribution in [2.24, 2.45) is 5.41 Å². The zero-order valence-corrected chi connectivity index (χ0v) is 15.9. The van der Waals surface area contributed by atoms with Crippen molar-refractivity contribution < 1.29 is 23.5 Å². The lowest BCUT2D eigenvalue weighted by molar-refractivity contribution is -0.140. The minimum atomic E-state index is -1.32. The maximum atomic E-state index is 13.2. The van der Waals surface area contributed by atoms with E-state index in [2.05, 4.69) is 5.32 Å². The summed E-state index contributed by atoms with van der Waals surface area (Å²) in [5.41, 5.74) is -0.826. The van der Waals surface area contributed by atoms with Crippen LogP contribution in [0.3, 0.4) is 0 Å². The molecule has 1 atom stereocenters. The van der Waals surface area contributed by atoms with Crippen LogP contribution >= 0.6 is 0 Å². The molecular formula is C20H24FN3O4. The van der Waals surface area contributed by atoms with Crippen molar-refractivity contribution in [3.63, 3.8) is 0 Å². The number of nitrogens with one attached hydrogen (secondary N) is 1. The van der Waals surface area contributed by atoms with E-state index in [1.807, 2.05) is 0 Å². The van der Waals surface area contributed by atoms with Crippen LogP contribution in [0, 0.1) is 11.2 Å². The van der Waals surface area contributed by atoms with Crippen molar-refractivity contribution in [1.29, 1.82) is 0 Å². The Bertz CT molecular complexity index is 808. The Morgan fingerprint density at radius 2 is 1.96 bits per heavy atom. The lowest BCUT2D eigenvalue weighted by Crippen LogP contribution is -2.49. The normalized spacial score (nSPS) is 26.8. The van der Waals surface area contributed by atoms with Gasteiger partial charge in [0.2, 0.25) is 5.91 Å². The van der Waals surface area contributed by atoms with E-state index < -0.39 is 23.3 Å². The molecule has 2 aliphatic heterocycles. The molecule has 1 N–H and O–H groups in total. The molecule has 2 saturated heterocycles. The third-order valence-electron chi connectivity index (χ3n) is 6.20. The number of hydrogen-bond donors (Lipinski definition) is 1. The summed E-state index contributed by atoms with van der Waals surface area (Å²) in [4.78, 5) is 40.9. The molecule has 1 aromatic rings. The van der Waals surface area contributed by atoms with E-state index in [1.54, 1.807) is 11.8 Å². The zero-order chi connectivity index (χ0) is 19.9. The molecule has 4 rings (SSSR count). The maximum Gasteiger partial charge on any atom is 0.325 e. The number of carbonyl (C=O) groups excluding carboxylic acids is 3. The van der Waals surface area contributed by atoms with E-state index in [4.69, 9.17) is 4.74 Å². The molecule has 3 aliphatic rings. The van der Waals surface area contributed by atoms with Crippen LogP contribution < -0.4 is 5.32 Å². The Kier molecular flexibility index (Phi) is 4.61. The van der Waals surface area contributed by atoms with Gasteiger partial charge in [-0.05, 0) is 37.5 Å². The molecule has 0 radical (unpaired) electrons. The van der Waals surface area contributed by atoms with E-state index in [0.717, 1.165) is 24.2 Å². The van der Waals surface area contributed by atoms with Crippen molar-refractivity contribution in [2.75, 3.05) is 32.8 Å². The second-order valence-electron chi connectivity index (χ2n) is 8.17. The van der Waals surface area contributed by atoms with Gasteiger partial charge in [-0.2, -0.15) is 0 Å². The number of urea groups is 1. The fraction of sp³-hybridized carbons (Fsp3) is 0.550. The van der Waals surface area contributed by atoms with Crippen molar-refractivity contribution in [3.05, 3.63) is 35.6 Å². The van der Waals surface area contributed by atoms with E-state index in [0.29, 0.717) is 31.9 Å². The number of amides is 4. The molecule has 1 aliphatic carbocycles. The van der Waals surface area contributed by atoms with Gasteiger partial charge < -0.3 is 15.0 Å². The van der Waals surface area contributed by atoms with Crippen LogP contribution in [0.2, 0.25) is 0 Å². The first kappa shape index (κ1) is 18.9. The van der Waals surface area contributed by atoms with Gasteiger partial charge in [0.25, 0.3) is 5.91 Å². The number of benzene rings is 1. The number of hydrogen-bond acceptors (Lipinski definition) is 4. The molecule has 150 valence electrons. The Morgan fingerprint density at radius 1 is 1.25 bits per heavy atom. The van der Waals surface area contributed by atoms with E-state index in [-0.39, 0.29) is 17.9 Å². The van der Waals surface area contributed by atoms with Crippen molar-refractivity contribution >= 4 is 17.8 Å². The number of halogens is 1. The minimum Gasteiger partial charge on any atom is -0.379 e. The Morgan fingerprint density at radius 3 is 2.61 bits per heavy atom. The molecule has 1 spiro atoms. The molecule has 3 fully saturated rings. The topological polar surface area (TPSA) is 79.0 Å². The van der Waals surface area contributed by atoms with Crippen LogP contribution in [0.5, 0.6) is 0 Å². The van der Waals surface area contributed by atoms with Crippen LogP contribution in [-0.4, -0.2) is 60.5 Å². The molecule has 28 heavy (non-hydrogen) atoms. The Hall–Kier alpha value is -2.48. The largest absolute Gasteiger partial charge is 0.379 e. The summed E-state index contributed by atoms with van der Waals surface area (Å²) in [6.45, 7) is 3.43. The molecular weight excluding hydrogens is 365 g/mol. The summed E-state index contributed by atoms with van der Waals surface area (Å²) in [5, 5.41) is 2.64. The maximum absolute atomic E-state index is 13.2. The monoisotopic (exact) mass is 389 g/mol. The van der Waals surface area contributed by atoms with E-state index in [9.17, 15) is 18.8 Å². The first-order chi connectivity index (χ1) is 13.3. The van der Waals surface area contributed by atoms with Gasteiger partial charge in [-0.1, -0.05) is 18.6 Å². The standard InChI is InChI=1S/C20H24FN3O4/c1-19(14-3-5-15(21)6-4-14)17(26)24(18(27)22-19)11-16(25)23-9-10-28-13-20(12-23)7-2-8-20/h3-6H,2,7-13H2,1H3,(H,22,27). The van der Waals surface area contributed by atoms with Gasteiger partial charge in [-0.3, -0.25) is 14.5 Å². The van der Waals surface area contributed by atoms with Crippen molar-refractivity contribution in [3.8, 4) is 0 Å². The number of rotatable bonds is 3. The highest BCUT2D eigenvalue weighted by Gasteiger charge is 2.50. The number of nitrogens with zero attached hydrogens (tertiary/aromatic N) is 2. The fourth-order valence-electron chi connectivity index (χ4n) is 4.24. The van der Waals surface area contributed by atoms with Gasteiger partial charge in [-0.15, -0.1) is 0 Å². The summed E-state index contributed by atoms with van der Waals surface area (Å²) in [6.07, 6.45) is 3.19. The smallest absolute Gasteiger partial charge is 0.325 e. The molecule has 0 bridgehead atoms. The SMILES string of the molecule is CC1(c2ccc(F)cc2)NC(=O)N(CC(=O)N2CCOCC3(CCC3)C2)C1=O. The number of carbonyl (C=O) groups is 3. The summed E-state index contributed by atoms with van der Waals surface area (Å²) < 4.78 is 18.9. The lowest BCUT2D eigenvalue weighted by Gasteiger charge is -2.42. The van der Waals surface area contributed by atoms with E-state index >= 15 is 0 Å². The molecule has 7 nitrogen and oxygen atoms in total. The predicted octanol–water partition coefficient (Wildman–Crippen LogP) is 1.62. The van der Waals surface area contributed by atoms with Gasteiger partial charge in [0.05, 0.1) is 13.2 Å². The van der Waals surface area contributed by atoms with Gasteiger partial charge in [0.15, 0.2) is 0 Å².